The van der Waals surface area contributed by atoms with Crippen molar-refractivity contribution in [3.63, 3.8) is 0 Å². The smallest absolute Gasteiger partial charge is 0.334 e. The molecule has 1 rings (SSSR count). The number of hydrogen-bond donors (Lipinski definition) is 2. The standard InChI is InChI=1S/C14H15F3N2O/c1-3-7-10(4-2)18-13(20)19-12-9-6-5-8-11(12)14(15,16)17/h1,5-6,8-10H,4,7H2,2H3,(H2,18,19,20). The number of rotatable bonds is 4. The molecule has 108 valence electrons. The zero-order valence-electron chi connectivity index (χ0n) is 10.9. The Morgan fingerprint density at radius 3 is 2.60 bits per heavy atom. The van der Waals surface area contributed by atoms with Gasteiger partial charge in [0.1, 0.15) is 0 Å². The molecule has 3 nitrogen and oxygen atoms in total. The van der Waals surface area contributed by atoms with Gasteiger partial charge in [-0.05, 0) is 18.6 Å². The minimum absolute atomic E-state index is 0.266. The molecule has 20 heavy (non-hydrogen) atoms. The van der Waals surface area contributed by atoms with Crippen LogP contribution in [0.5, 0.6) is 0 Å². The highest BCUT2D eigenvalue weighted by Gasteiger charge is 2.33. The van der Waals surface area contributed by atoms with Gasteiger partial charge in [0.2, 0.25) is 0 Å². The normalized spacial score (nSPS) is 12.3. The average molecular weight is 284 g/mol. The molecule has 0 saturated heterocycles. The third kappa shape index (κ3) is 4.50. The van der Waals surface area contributed by atoms with E-state index >= 15 is 0 Å². The fourth-order valence-electron chi connectivity index (χ4n) is 1.62. The van der Waals surface area contributed by atoms with Crippen LogP contribution in [0.4, 0.5) is 23.7 Å². The number of halogens is 3. The summed E-state index contributed by atoms with van der Waals surface area (Å²) in [5, 5.41) is 4.74. The van der Waals surface area contributed by atoms with Gasteiger partial charge in [0, 0.05) is 12.5 Å². The Morgan fingerprint density at radius 2 is 2.05 bits per heavy atom. The van der Waals surface area contributed by atoms with Gasteiger partial charge in [-0.25, -0.2) is 4.79 Å². The maximum atomic E-state index is 12.8. The molecule has 0 fully saturated rings. The Morgan fingerprint density at radius 1 is 1.40 bits per heavy atom. The van der Waals surface area contributed by atoms with E-state index < -0.39 is 17.8 Å². The number of hydrogen-bond acceptors (Lipinski definition) is 1. The highest BCUT2D eigenvalue weighted by atomic mass is 19.4. The number of terminal acetylenes is 1. The third-order valence-electron chi connectivity index (χ3n) is 2.67. The van der Waals surface area contributed by atoms with Crippen LogP contribution in [0.15, 0.2) is 24.3 Å². The first kappa shape index (κ1) is 15.9. The molecule has 1 unspecified atom stereocenters. The molecule has 0 bridgehead atoms. The summed E-state index contributed by atoms with van der Waals surface area (Å²) in [6, 6.07) is 3.82. The van der Waals surface area contributed by atoms with Crippen LogP contribution in [-0.4, -0.2) is 12.1 Å². The van der Waals surface area contributed by atoms with Crippen molar-refractivity contribution in [3.8, 4) is 12.3 Å². The van der Waals surface area contributed by atoms with Crippen LogP contribution >= 0.6 is 0 Å². The summed E-state index contributed by atoms with van der Waals surface area (Å²) in [6.07, 6.45) is 1.54. The Labute approximate surface area is 115 Å². The molecule has 0 aliphatic heterocycles. The van der Waals surface area contributed by atoms with Crippen molar-refractivity contribution < 1.29 is 18.0 Å². The molecule has 1 atom stereocenters. The first-order valence-corrected chi connectivity index (χ1v) is 6.05. The first-order valence-electron chi connectivity index (χ1n) is 6.05. The summed E-state index contributed by atoms with van der Waals surface area (Å²) in [6.45, 7) is 1.83. The average Bonchev–Trinajstić information content (AvgIpc) is 2.37. The van der Waals surface area contributed by atoms with Gasteiger partial charge in [-0.3, -0.25) is 0 Å². The molecule has 0 aliphatic rings. The minimum Gasteiger partial charge on any atom is -0.334 e. The molecule has 2 N–H and O–H groups in total. The van der Waals surface area contributed by atoms with Crippen LogP contribution < -0.4 is 10.6 Å². The van der Waals surface area contributed by atoms with Crippen molar-refractivity contribution in [2.75, 3.05) is 5.32 Å². The van der Waals surface area contributed by atoms with Crippen molar-refractivity contribution in [1.82, 2.24) is 5.32 Å². The number of urea groups is 1. The van der Waals surface area contributed by atoms with Crippen molar-refractivity contribution in [1.29, 1.82) is 0 Å². The predicted molar refractivity (Wildman–Crippen MR) is 71.1 cm³/mol. The molecule has 0 aromatic heterocycles. The van der Waals surface area contributed by atoms with Gasteiger partial charge in [0.15, 0.2) is 0 Å². The molecule has 1 aromatic rings. The summed E-state index contributed by atoms with van der Waals surface area (Å²) in [4.78, 5) is 11.7. The monoisotopic (exact) mass is 284 g/mol. The lowest BCUT2D eigenvalue weighted by Gasteiger charge is -2.17. The lowest BCUT2D eigenvalue weighted by molar-refractivity contribution is -0.136. The van der Waals surface area contributed by atoms with Crippen LogP contribution in [-0.2, 0) is 6.18 Å². The Balaban J connectivity index is 2.79. The van der Waals surface area contributed by atoms with Gasteiger partial charge >= 0.3 is 12.2 Å². The van der Waals surface area contributed by atoms with Crippen LogP contribution in [0.3, 0.4) is 0 Å². The summed E-state index contributed by atoms with van der Waals surface area (Å²) in [7, 11) is 0. The molecule has 2 amide bonds. The Kier molecular flexibility index (Phi) is 5.44. The number of benzene rings is 1. The number of para-hydroxylation sites is 1. The van der Waals surface area contributed by atoms with E-state index in [-0.39, 0.29) is 11.7 Å². The van der Waals surface area contributed by atoms with Gasteiger partial charge in [-0.2, -0.15) is 13.2 Å². The zero-order valence-corrected chi connectivity index (χ0v) is 10.9. The van der Waals surface area contributed by atoms with Crippen molar-refractivity contribution in [2.45, 2.75) is 32.0 Å². The SMILES string of the molecule is C#CCC(CC)NC(=O)Nc1ccccc1C(F)(F)F. The van der Waals surface area contributed by atoms with Gasteiger partial charge in [-0.1, -0.05) is 19.1 Å². The number of carbonyl (C=O) groups is 1. The summed E-state index contributed by atoms with van der Waals surface area (Å²) in [5.74, 6) is 2.40. The quantitative estimate of drug-likeness (QED) is 0.814. The van der Waals surface area contributed by atoms with Crippen molar-refractivity contribution in [2.24, 2.45) is 0 Å². The number of anilines is 1. The van der Waals surface area contributed by atoms with E-state index in [4.69, 9.17) is 6.42 Å². The molecule has 1 aromatic carbocycles. The fourth-order valence-corrected chi connectivity index (χ4v) is 1.62. The highest BCUT2D eigenvalue weighted by molar-refractivity contribution is 5.90. The van der Waals surface area contributed by atoms with Gasteiger partial charge < -0.3 is 10.6 Å². The van der Waals surface area contributed by atoms with E-state index in [2.05, 4.69) is 16.6 Å². The summed E-state index contributed by atoms with van der Waals surface area (Å²) >= 11 is 0. The van der Waals surface area contributed by atoms with Crippen molar-refractivity contribution >= 4 is 11.7 Å². The first-order chi connectivity index (χ1) is 9.38. The highest BCUT2D eigenvalue weighted by Crippen LogP contribution is 2.34. The number of amides is 2. The molecule has 6 heteroatoms. The van der Waals surface area contributed by atoms with E-state index in [1.165, 1.54) is 18.2 Å². The maximum absolute atomic E-state index is 12.8. The third-order valence-corrected chi connectivity index (χ3v) is 2.67. The van der Waals surface area contributed by atoms with E-state index in [1.807, 2.05) is 6.92 Å². The molecule has 0 heterocycles. The minimum atomic E-state index is -4.52. The van der Waals surface area contributed by atoms with E-state index in [0.717, 1.165) is 6.07 Å². The predicted octanol–water partition coefficient (Wildman–Crippen LogP) is 3.63. The van der Waals surface area contributed by atoms with E-state index in [1.54, 1.807) is 0 Å². The largest absolute Gasteiger partial charge is 0.418 e. The van der Waals surface area contributed by atoms with Gasteiger partial charge in [0.05, 0.1) is 11.3 Å². The van der Waals surface area contributed by atoms with Crippen molar-refractivity contribution in [3.05, 3.63) is 29.8 Å². The zero-order chi connectivity index (χ0) is 15.2. The maximum Gasteiger partial charge on any atom is 0.418 e. The fraction of sp³-hybridized carbons (Fsp3) is 0.357. The molecular formula is C14H15F3N2O. The second-order valence-corrected chi connectivity index (χ2v) is 4.16. The van der Waals surface area contributed by atoms with Gasteiger partial charge in [-0.15, -0.1) is 12.3 Å². The number of nitrogens with one attached hydrogen (secondary N) is 2. The molecule has 0 saturated carbocycles. The Hall–Kier alpha value is -2.16. The molecule has 0 aliphatic carbocycles. The van der Waals surface area contributed by atoms with Gasteiger partial charge in [0.25, 0.3) is 0 Å². The second-order valence-electron chi connectivity index (χ2n) is 4.16. The van der Waals surface area contributed by atoms with Crippen LogP contribution in [0, 0.1) is 12.3 Å². The number of alkyl halides is 3. The lowest BCUT2D eigenvalue weighted by atomic mass is 10.1. The molecular weight excluding hydrogens is 269 g/mol. The number of carbonyl (C=O) groups excluding carboxylic acids is 1. The van der Waals surface area contributed by atoms with E-state index in [0.29, 0.717) is 12.8 Å². The Bertz CT molecular complexity index is 506. The summed E-state index contributed by atoms with van der Waals surface area (Å²) in [5.41, 5.74) is -1.17. The van der Waals surface area contributed by atoms with Crippen LogP contribution in [0.1, 0.15) is 25.3 Å². The topological polar surface area (TPSA) is 41.1 Å². The molecule has 0 radical (unpaired) electrons. The molecule has 0 spiro atoms. The van der Waals surface area contributed by atoms with E-state index in [9.17, 15) is 18.0 Å². The second kappa shape index (κ2) is 6.85. The van der Waals surface area contributed by atoms with Crippen LogP contribution in [0.25, 0.3) is 0 Å². The summed E-state index contributed by atoms with van der Waals surface area (Å²) < 4.78 is 38.3. The van der Waals surface area contributed by atoms with Crippen LogP contribution in [0.2, 0.25) is 0 Å². The lowest BCUT2D eigenvalue weighted by Crippen LogP contribution is -2.37.